The van der Waals surface area contributed by atoms with Crippen molar-refractivity contribution >= 4 is 0 Å². The Morgan fingerprint density at radius 1 is 1.19 bits per heavy atom. The van der Waals surface area contributed by atoms with Crippen LogP contribution in [0, 0.1) is 5.92 Å². The van der Waals surface area contributed by atoms with Crippen LogP contribution >= 0.6 is 0 Å². The third-order valence-electron chi connectivity index (χ3n) is 4.34. The molecule has 4 N–H and O–H groups in total. The molecule has 0 aromatic carbocycles. The normalized spacial score (nSPS) is 28.8. The zero-order valence-electron chi connectivity index (χ0n) is 15.8. The monoisotopic (exact) mass is 389 g/mol. The lowest BCUT2D eigenvalue weighted by molar-refractivity contribution is -0.301. The van der Waals surface area contributed by atoms with Crippen molar-refractivity contribution in [1.82, 2.24) is 15.0 Å². The maximum Gasteiger partial charge on any atom is 0.186 e. The summed E-state index contributed by atoms with van der Waals surface area (Å²) in [6, 6.07) is 0. The van der Waals surface area contributed by atoms with Gasteiger partial charge in [0.25, 0.3) is 0 Å². The number of rotatable bonds is 11. The molecule has 5 unspecified atom stereocenters. The molecule has 2 rings (SSSR count). The molecule has 1 aliphatic rings. The minimum atomic E-state index is -1.43. The number of hydrogen-bond acceptors (Lipinski definition) is 9. The fraction of sp³-hybridized carbons (Fsp3) is 0.882. The van der Waals surface area contributed by atoms with Crippen LogP contribution in [0.5, 0.6) is 0 Å². The molecule has 1 saturated heterocycles. The molecule has 1 aromatic rings. The second-order valence-electron chi connectivity index (χ2n) is 7.13. The van der Waals surface area contributed by atoms with Gasteiger partial charge < -0.3 is 34.6 Å². The molecule has 5 atom stereocenters. The number of aryl methyl sites for hydroxylation is 1. The Morgan fingerprint density at radius 3 is 2.67 bits per heavy atom. The number of hydrogen-bond donors (Lipinski definition) is 4. The Kier molecular flexibility index (Phi) is 9.03. The smallest absolute Gasteiger partial charge is 0.186 e. The Balaban J connectivity index is 1.60. The molecule has 0 radical (unpaired) electrons. The van der Waals surface area contributed by atoms with Crippen LogP contribution in [0.1, 0.15) is 32.4 Å². The molecule has 10 nitrogen and oxygen atoms in total. The highest BCUT2D eigenvalue weighted by Gasteiger charge is 2.43. The second-order valence-corrected chi connectivity index (χ2v) is 7.13. The summed E-state index contributed by atoms with van der Waals surface area (Å²) < 4.78 is 18.0. The predicted molar refractivity (Wildman–Crippen MR) is 93.5 cm³/mol. The first kappa shape index (κ1) is 22.2. The molecule has 0 bridgehead atoms. The van der Waals surface area contributed by atoms with Crippen LogP contribution in [0.4, 0.5) is 0 Å². The van der Waals surface area contributed by atoms with E-state index in [4.69, 9.17) is 19.3 Å². The van der Waals surface area contributed by atoms with Gasteiger partial charge in [0.05, 0.1) is 26.0 Å². The van der Waals surface area contributed by atoms with Gasteiger partial charge in [-0.25, -0.2) is 0 Å². The van der Waals surface area contributed by atoms with E-state index in [-0.39, 0.29) is 6.61 Å². The van der Waals surface area contributed by atoms with Gasteiger partial charge in [-0.3, -0.25) is 4.68 Å². The molecule has 0 saturated carbocycles. The van der Waals surface area contributed by atoms with Crippen molar-refractivity contribution in [3.05, 3.63) is 11.9 Å². The number of aliphatic hydroxyl groups excluding tert-OH is 4. The molecule has 10 heteroatoms. The largest absolute Gasteiger partial charge is 0.394 e. The van der Waals surface area contributed by atoms with Crippen LogP contribution in [-0.4, -0.2) is 85.9 Å². The van der Waals surface area contributed by atoms with Crippen molar-refractivity contribution in [2.75, 3.05) is 19.8 Å². The summed E-state index contributed by atoms with van der Waals surface area (Å²) in [6.45, 7) is 5.66. The summed E-state index contributed by atoms with van der Waals surface area (Å²) in [4.78, 5) is 0. The lowest BCUT2D eigenvalue weighted by Crippen LogP contribution is -2.59. The van der Waals surface area contributed by atoms with E-state index >= 15 is 0 Å². The van der Waals surface area contributed by atoms with Gasteiger partial charge in [0.15, 0.2) is 6.29 Å². The first-order valence-electron chi connectivity index (χ1n) is 9.31. The highest BCUT2D eigenvalue weighted by Crippen LogP contribution is 2.21. The number of ether oxygens (including phenoxy) is 3. The first-order valence-corrected chi connectivity index (χ1v) is 9.31. The van der Waals surface area contributed by atoms with E-state index in [1.54, 1.807) is 4.68 Å². The molecule has 0 amide bonds. The molecule has 0 aliphatic carbocycles. The van der Waals surface area contributed by atoms with E-state index in [2.05, 4.69) is 24.2 Å². The van der Waals surface area contributed by atoms with Crippen LogP contribution < -0.4 is 0 Å². The number of aromatic nitrogens is 3. The topological polar surface area (TPSA) is 139 Å². The zero-order chi connectivity index (χ0) is 19.8. The standard InChI is InChI=1S/C17H31N3O7/c1-11(2)4-5-20-8-12(18-19-20)10-25-6-3-7-26-17-16(24)15(23)14(22)13(9-21)27-17/h8,11,13-17,21-24H,3-7,9-10H2,1-2H3. The minimum Gasteiger partial charge on any atom is -0.394 e. The quantitative estimate of drug-likeness (QED) is 0.353. The van der Waals surface area contributed by atoms with E-state index < -0.39 is 37.3 Å². The lowest BCUT2D eigenvalue weighted by atomic mass is 9.99. The van der Waals surface area contributed by atoms with Crippen LogP contribution in [-0.2, 0) is 27.4 Å². The Morgan fingerprint density at radius 2 is 1.96 bits per heavy atom. The van der Waals surface area contributed by atoms with Gasteiger partial charge in [-0.15, -0.1) is 5.10 Å². The molecule has 156 valence electrons. The summed E-state index contributed by atoms with van der Waals surface area (Å²) in [7, 11) is 0. The summed E-state index contributed by atoms with van der Waals surface area (Å²) in [5.41, 5.74) is 0.758. The molecule has 2 heterocycles. The van der Waals surface area contributed by atoms with Crippen molar-refractivity contribution in [3.63, 3.8) is 0 Å². The van der Waals surface area contributed by atoms with Crippen LogP contribution in [0.3, 0.4) is 0 Å². The van der Waals surface area contributed by atoms with E-state index in [1.165, 1.54) is 0 Å². The fourth-order valence-electron chi connectivity index (χ4n) is 2.65. The number of aliphatic hydroxyl groups is 4. The first-order chi connectivity index (χ1) is 12.9. The van der Waals surface area contributed by atoms with Crippen molar-refractivity contribution in [2.24, 2.45) is 5.92 Å². The molecule has 1 fully saturated rings. The number of nitrogens with zero attached hydrogens (tertiary/aromatic N) is 3. The Bertz CT molecular complexity index is 540. The zero-order valence-corrected chi connectivity index (χ0v) is 15.8. The third-order valence-corrected chi connectivity index (χ3v) is 4.34. The van der Waals surface area contributed by atoms with Crippen molar-refractivity contribution in [1.29, 1.82) is 0 Å². The molecule has 1 aromatic heterocycles. The minimum absolute atomic E-state index is 0.226. The van der Waals surface area contributed by atoms with Gasteiger partial charge in [-0.2, -0.15) is 0 Å². The summed E-state index contributed by atoms with van der Waals surface area (Å²) in [5, 5.41) is 46.5. The highest BCUT2D eigenvalue weighted by atomic mass is 16.7. The lowest BCUT2D eigenvalue weighted by Gasteiger charge is -2.39. The summed E-state index contributed by atoms with van der Waals surface area (Å²) >= 11 is 0. The van der Waals surface area contributed by atoms with E-state index in [0.29, 0.717) is 25.6 Å². The highest BCUT2D eigenvalue weighted by molar-refractivity contribution is 4.90. The maximum absolute atomic E-state index is 9.86. The molecular formula is C17H31N3O7. The summed E-state index contributed by atoms with van der Waals surface area (Å²) in [6.07, 6.45) is -2.84. The Hall–Kier alpha value is -1.14. The van der Waals surface area contributed by atoms with Crippen LogP contribution in [0.25, 0.3) is 0 Å². The Labute approximate surface area is 158 Å². The van der Waals surface area contributed by atoms with E-state index in [0.717, 1.165) is 18.7 Å². The molecular weight excluding hydrogens is 358 g/mol. The van der Waals surface area contributed by atoms with Gasteiger partial charge >= 0.3 is 0 Å². The molecule has 0 spiro atoms. The van der Waals surface area contributed by atoms with Crippen molar-refractivity contribution in [3.8, 4) is 0 Å². The van der Waals surface area contributed by atoms with Crippen LogP contribution in [0.15, 0.2) is 6.20 Å². The van der Waals surface area contributed by atoms with Gasteiger partial charge in [0.1, 0.15) is 30.1 Å². The van der Waals surface area contributed by atoms with Crippen LogP contribution in [0.2, 0.25) is 0 Å². The third kappa shape index (κ3) is 6.75. The fourth-order valence-corrected chi connectivity index (χ4v) is 2.65. The van der Waals surface area contributed by atoms with Gasteiger partial charge in [0, 0.05) is 13.2 Å². The van der Waals surface area contributed by atoms with Crippen molar-refractivity contribution in [2.45, 2.75) is 70.5 Å². The van der Waals surface area contributed by atoms with E-state index in [1.807, 2.05) is 6.20 Å². The van der Waals surface area contributed by atoms with Gasteiger partial charge in [-0.1, -0.05) is 19.1 Å². The average molecular weight is 389 g/mol. The molecule has 1 aliphatic heterocycles. The SMILES string of the molecule is CC(C)CCn1cc(COCCCOC2OC(CO)C(O)C(O)C2O)nn1. The van der Waals surface area contributed by atoms with Gasteiger partial charge in [-0.05, 0) is 18.8 Å². The maximum atomic E-state index is 9.86. The predicted octanol–water partition coefficient (Wildman–Crippen LogP) is -0.953. The summed E-state index contributed by atoms with van der Waals surface area (Å²) in [5.74, 6) is 0.609. The van der Waals surface area contributed by atoms with Gasteiger partial charge in [0.2, 0.25) is 0 Å². The average Bonchev–Trinajstić information content (AvgIpc) is 3.10. The second kappa shape index (κ2) is 11.0. The van der Waals surface area contributed by atoms with Crippen molar-refractivity contribution < 1.29 is 34.6 Å². The molecule has 27 heavy (non-hydrogen) atoms. The van der Waals surface area contributed by atoms with E-state index in [9.17, 15) is 15.3 Å².